The van der Waals surface area contributed by atoms with Gasteiger partial charge in [-0.05, 0) is 49.1 Å². The third-order valence-electron chi connectivity index (χ3n) is 4.15. The predicted molar refractivity (Wildman–Crippen MR) is 86.0 cm³/mol. The summed E-state index contributed by atoms with van der Waals surface area (Å²) in [6.45, 7) is 0. The van der Waals surface area contributed by atoms with Crippen LogP contribution in [0.3, 0.4) is 0 Å². The summed E-state index contributed by atoms with van der Waals surface area (Å²) in [7, 11) is -4.94. The molecule has 0 bridgehead atoms. The molecule has 1 aromatic heterocycles. The number of aryl methyl sites for hydroxylation is 1. The Morgan fingerprint density at radius 2 is 1.27 bits per heavy atom. The standard InChI is InChI=1S/C20H17O.ClHO4/c1-3-8-15(9-4-1)19-14-17-12-7-13-18(17)20(21-19)16-10-5-2-6-11-16;2-1(3,4)5/h1-6,8-11,14H,7,12-13H2;(H,2,3,4,5)/q+1;/p-1. The first-order chi connectivity index (χ1) is 12.4. The SMILES string of the molecule is [O-][Cl+3]([O-])([O-])[O-].c1ccc(-c2cc3c(c(-c4ccccc4)[o+]2)CCC3)cc1. The van der Waals surface area contributed by atoms with Crippen molar-refractivity contribution in [1.82, 2.24) is 0 Å². The molecule has 5 nitrogen and oxygen atoms in total. The molecular weight excluding hydrogens is 356 g/mol. The fourth-order valence-electron chi connectivity index (χ4n) is 3.11. The second-order valence-corrected chi connectivity index (χ2v) is 6.66. The maximum atomic E-state index is 8.49. The number of hydrogen-bond acceptors (Lipinski definition) is 4. The van der Waals surface area contributed by atoms with Gasteiger partial charge < -0.3 is 0 Å². The fourth-order valence-corrected chi connectivity index (χ4v) is 3.11. The average Bonchev–Trinajstić information content (AvgIpc) is 3.09. The van der Waals surface area contributed by atoms with E-state index in [-0.39, 0.29) is 0 Å². The van der Waals surface area contributed by atoms with Crippen LogP contribution in [0.15, 0.2) is 71.1 Å². The first-order valence-corrected chi connectivity index (χ1v) is 9.37. The molecule has 4 rings (SSSR count). The summed E-state index contributed by atoms with van der Waals surface area (Å²) in [5, 5.41) is 0. The lowest BCUT2D eigenvalue weighted by atomic mass is 10.0. The number of rotatable bonds is 2. The van der Waals surface area contributed by atoms with Gasteiger partial charge in [0.25, 0.3) is 0 Å². The van der Waals surface area contributed by atoms with Crippen molar-refractivity contribution >= 4 is 0 Å². The lowest BCUT2D eigenvalue weighted by Gasteiger charge is -2.17. The molecule has 2 aromatic carbocycles. The molecule has 0 spiro atoms. The Kier molecular flexibility index (Phi) is 5.66. The van der Waals surface area contributed by atoms with E-state index < -0.39 is 10.2 Å². The van der Waals surface area contributed by atoms with Crippen LogP contribution in [0, 0.1) is 10.2 Å². The monoisotopic (exact) mass is 372 g/mol. The molecule has 3 aromatic rings. The largest absolute Gasteiger partial charge is 0.364 e. The van der Waals surface area contributed by atoms with E-state index in [1.54, 1.807) is 0 Å². The molecule has 0 amide bonds. The minimum atomic E-state index is -4.94. The third kappa shape index (κ3) is 4.88. The lowest BCUT2D eigenvalue weighted by molar-refractivity contribution is -2.00. The van der Waals surface area contributed by atoms with Crippen molar-refractivity contribution in [3.8, 4) is 22.6 Å². The van der Waals surface area contributed by atoms with Crippen LogP contribution >= 0.6 is 0 Å². The third-order valence-corrected chi connectivity index (χ3v) is 4.15. The average molecular weight is 373 g/mol. The highest BCUT2D eigenvalue weighted by Crippen LogP contribution is 2.36. The zero-order chi connectivity index (χ0) is 18.6. The number of hydrogen-bond donors (Lipinski definition) is 0. The van der Waals surface area contributed by atoms with E-state index in [0.29, 0.717) is 0 Å². The van der Waals surface area contributed by atoms with Gasteiger partial charge in [0.15, 0.2) is 0 Å². The van der Waals surface area contributed by atoms with Crippen LogP contribution in [0.4, 0.5) is 0 Å². The first kappa shape index (κ1) is 18.5. The fraction of sp³-hybridized carbons (Fsp3) is 0.150. The second-order valence-electron chi connectivity index (χ2n) is 5.91. The minimum absolute atomic E-state index is 0.968. The Hall–Kier alpha value is -2.28. The van der Waals surface area contributed by atoms with Crippen LogP contribution in [-0.2, 0) is 12.8 Å². The molecule has 0 N–H and O–H groups in total. The number of fused-ring (bicyclic) bond motifs is 1. The van der Waals surface area contributed by atoms with E-state index in [2.05, 4.69) is 54.6 Å². The van der Waals surface area contributed by atoms with Gasteiger partial charge >= 0.3 is 11.5 Å². The van der Waals surface area contributed by atoms with Crippen LogP contribution in [0.25, 0.3) is 22.6 Å². The van der Waals surface area contributed by atoms with E-state index >= 15 is 0 Å². The van der Waals surface area contributed by atoms with Crippen molar-refractivity contribution in [1.29, 1.82) is 0 Å². The molecule has 134 valence electrons. The molecule has 0 saturated carbocycles. The molecule has 0 fully saturated rings. The van der Waals surface area contributed by atoms with Crippen LogP contribution in [0.5, 0.6) is 0 Å². The zero-order valence-electron chi connectivity index (χ0n) is 13.9. The van der Waals surface area contributed by atoms with Gasteiger partial charge in [-0.15, -0.1) is 10.2 Å². The molecule has 0 radical (unpaired) electrons. The molecular formula is C20H17ClO5. The molecule has 0 unspecified atom stereocenters. The molecule has 26 heavy (non-hydrogen) atoms. The van der Waals surface area contributed by atoms with Gasteiger partial charge in [0, 0.05) is 6.07 Å². The predicted octanol–water partition coefficient (Wildman–Crippen LogP) is 0.627. The molecule has 0 atom stereocenters. The summed E-state index contributed by atoms with van der Waals surface area (Å²) in [5.41, 5.74) is 5.15. The Morgan fingerprint density at radius 3 is 1.85 bits per heavy atom. The summed E-state index contributed by atoms with van der Waals surface area (Å²) in [4.78, 5) is 0. The highest BCUT2D eigenvalue weighted by atomic mass is 35.7. The van der Waals surface area contributed by atoms with Gasteiger partial charge in [0.05, 0.1) is 16.7 Å². The first-order valence-electron chi connectivity index (χ1n) is 8.13. The summed E-state index contributed by atoms with van der Waals surface area (Å²) >= 11 is 0. The normalized spacial score (nSPS) is 12.9. The van der Waals surface area contributed by atoms with Crippen molar-refractivity contribution < 1.29 is 33.3 Å². The summed E-state index contributed by atoms with van der Waals surface area (Å²) in [5.74, 6) is 2.01. The topological polar surface area (TPSA) is 104 Å². The molecule has 1 heterocycles. The Morgan fingerprint density at radius 1 is 0.731 bits per heavy atom. The van der Waals surface area contributed by atoms with Crippen molar-refractivity contribution in [3.63, 3.8) is 0 Å². The van der Waals surface area contributed by atoms with E-state index in [9.17, 15) is 0 Å². The molecule has 0 aliphatic heterocycles. The van der Waals surface area contributed by atoms with Gasteiger partial charge in [0.1, 0.15) is 0 Å². The highest BCUT2D eigenvalue weighted by molar-refractivity contribution is 5.68. The molecule has 6 heteroatoms. The van der Waals surface area contributed by atoms with Gasteiger partial charge in [-0.25, -0.2) is 23.1 Å². The van der Waals surface area contributed by atoms with Crippen LogP contribution in [0.2, 0.25) is 0 Å². The van der Waals surface area contributed by atoms with E-state index in [0.717, 1.165) is 29.9 Å². The Bertz CT molecular complexity index is 855. The highest BCUT2D eigenvalue weighted by Gasteiger charge is 2.28. The minimum Gasteiger partial charge on any atom is -0.222 e. The van der Waals surface area contributed by atoms with Crippen LogP contribution in [-0.4, -0.2) is 0 Å². The van der Waals surface area contributed by atoms with Crippen molar-refractivity contribution in [3.05, 3.63) is 77.9 Å². The van der Waals surface area contributed by atoms with Crippen LogP contribution in [0.1, 0.15) is 17.5 Å². The number of halogens is 1. The van der Waals surface area contributed by atoms with Gasteiger partial charge in [-0.3, -0.25) is 0 Å². The lowest BCUT2D eigenvalue weighted by Crippen LogP contribution is -2.68. The summed E-state index contributed by atoms with van der Waals surface area (Å²) < 4.78 is 40.3. The quantitative estimate of drug-likeness (QED) is 0.613. The molecule has 1 aliphatic carbocycles. The van der Waals surface area contributed by atoms with E-state index in [4.69, 9.17) is 23.1 Å². The van der Waals surface area contributed by atoms with Gasteiger partial charge in [-0.2, -0.15) is 0 Å². The maximum absolute atomic E-state index is 8.49. The van der Waals surface area contributed by atoms with E-state index in [1.165, 1.54) is 23.1 Å². The Balaban J connectivity index is 0.000000349. The zero-order valence-corrected chi connectivity index (χ0v) is 14.6. The number of benzene rings is 2. The smallest absolute Gasteiger partial charge is 0.222 e. The Labute approximate surface area is 153 Å². The van der Waals surface area contributed by atoms with Crippen molar-refractivity contribution in [2.24, 2.45) is 0 Å². The van der Waals surface area contributed by atoms with Crippen LogP contribution < -0.4 is 18.6 Å². The second kappa shape index (κ2) is 7.95. The summed E-state index contributed by atoms with van der Waals surface area (Å²) in [6.07, 6.45) is 3.51. The maximum Gasteiger partial charge on any atom is 0.364 e. The van der Waals surface area contributed by atoms with Gasteiger partial charge in [0.2, 0.25) is 0 Å². The summed E-state index contributed by atoms with van der Waals surface area (Å²) in [6, 6.07) is 23.0. The van der Waals surface area contributed by atoms with Gasteiger partial charge in [-0.1, -0.05) is 36.4 Å². The van der Waals surface area contributed by atoms with E-state index in [1.807, 2.05) is 12.1 Å². The molecule has 1 aliphatic rings. The van der Waals surface area contributed by atoms with Crippen molar-refractivity contribution in [2.45, 2.75) is 19.3 Å². The molecule has 0 saturated heterocycles. The van der Waals surface area contributed by atoms with Crippen molar-refractivity contribution in [2.75, 3.05) is 0 Å².